The standard InChI is InChI=1S/C6H7N3O2/c7-9(11)6(10)5-1-3-8-4-2-5/h1-4,11H,7H2. The smallest absolute Gasteiger partial charge is 0.270 e. The van der Waals surface area contributed by atoms with Gasteiger partial charge in [-0.05, 0) is 12.1 Å². The average molecular weight is 153 g/mol. The van der Waals surface area contributed by atoms with Crippen LogP contribution in [0.25, 0.3) is 0 Å². The van der Waals surface area contributed by atoms with Crippen LogP contribution in [0.1, 0.15) is 10.4 Å². The number of pyridine rings is 1. The molecule has 0 aliphatic carbocycles. The Bertz CT molecular complexity index is 247. The Balaban J connectivity index is 2.86. The van der Waals surface area contributed by atoms with Gasteiger partial charge in [-0.1, -0.05) is 0 Å². The van der Waals surface area contributed by atoms with E-state index in [-0.39, 0.29) is 5.17 Å². The van der Waals surface area contributed by atoms with Crippen LogP contribution in [0.3, 0.4) is 0 Å². The Morgan fingerprint density at radius 2 is 2.09 bits per heavy atom. The highest BCUT2D eigenvalue weighted by Gasteiger charge is 2.07. The second-order valence-corrected chi connectivity index (χ2v) is 1.89. The number of hydrogen-bond donors (Lipinski definition) is 2. The highest BCUT2D eigenvalue weighted by Crippen LogP contribution is 1.97. The fourth-order valence-electron chi connectivity index (χ4n) is 0.627. The number of amides is 1. The van der Waals surface area contributed by atoms with E-state index in [0.717, 1.165) is 0 Å². The van der Waals surface area contributed by atoms with Crippen LogP contribution in [0.2, 0.25) is 0 Å². The van der Waals surface area contributed by atoms with Crippen molar-refractivity contribution in [1.29, 1.82) is 0 Å². The summed E-state index contributed by atoms with van der Waals surface area (Å²) in [6.45, 7) is 0. The van der Waals surface area contributed by atoms with Gasteiger partial charge in [0.05, 0.1) is 0 Å². The first-order valence-electron chi connectivity index (χ1n) is 2.90. The number of carbonyl (C=O) groups excluding carboxylic acids is 1. The molecule has 0 aliphatic rings. The van der Waals surface area contributed by atoms with E-state index < -0.39 is 5.91 Å². The molecule has 1 aromatic rings. The lowest BCUT2D eigenvalue weighted by molar-refractivity contribution is -0.0595. The van der Waals surface area contributed by atoms with Gasteiger partial charge in [-0.15, -0.1) is 5.17 Å². The summed E-state index contributed by atoms with van der Waals surface area (Å²) in [4.78, 5) is 14.6. The molecular formula is C6H7N3O2. The van der Waals surface area contributed by atoms with Crippen LogP contribution in [0, 0.1) is 0 Å². The second-order valence-electron chi connectivity index (χ2n) is 1.89. The Morgan fingerprint density at radius 1 is 1.55 bits per heavy atom. The molecule has 0 saturated carbocycles. The molecule has 1 aromatic heterocycles. The number of aromatic nitrogens is 1. The third-order valence-electron chi connectivity index (χ3n) is 1.14. The van der Waals surface area contributed by atoms with Crippen LogP contribution in [0.5, 0.6) is 0 Å². The van der Waals surface area contributed by atoms with Gasteiger partial charge in [0.1, 0.15) is 0 Å². The first-order valence-corrected chi connectivity index (χ1v) is 2.90. The fourth-order valence-corrected chi connectivity index (χ4v) is 0.627. The van der Waals surface area contributed by atoms with Crippen LogP contribution in [0.4, 0.5) is 0 Å². The topological polar surface area (TPSA) is 79.5 Å². The molecule has 0 spiro atoms. The molecule has 0 radical (unpaired) electrons. The Kier molecular flexibility index (Phi) is 2.15. The molecule has 1 rings (SSSR count). The van der Waals surface area contributed by atoms with E-state index in [1.54, 1.807) is 0 Å². The van der Waals surface area contributed by atoms with Crippen LogP contribution in [-0.4, -0.2) is 21.3 Å². The van der Waals surface area contributed by atoms with Crippen LogP contribution in [-0.2, 0) is 0 Å². The normalized spacial score (nSPS) is 9.27. The van der Waals surface area contributed by atoms with Crippen molar-refractivity contribution >= 4 is 5.91 Å². The number of carbonyl (C=O) groups is 1. The molecule has 1 amide bonds. The first kappa shape index (κ1) is 7.64. The van der Waals surface area contributed by atoms with Crippen LogP contribution >= 0.6 is 0 Å². The Labute approximate surface area is 63.0 Å². The molecule has 0 atom stereocenters. The summed E-state index contributed by atoms with van der Waals surface area (Å²) < 4.78 is 0. The van der Waals surface area contributed by atoms with E-state index in [2.05, 4.69) is 4.98 Å². The molecular weight excluding hydrogens is 146 g/mol. The summed E-state index contributed by atoms with van der Waals surface area (Å²) in [7, 11) is 0. The summed E-state index contributed by atoms with van der Waals surface area (Å²) in [5.41, 5.74) is 0.296. The van der Waals surface area contributed by atoms with Gasteiger partial charge in [0.25, 0.3) is 5.91 Å². The fraction of sp³-hybridized carbons (Fsp3) is 0. The van der Waals surface area contributed by atoms with Crippen molar-refractivity contribution in [2.24, 2.45) is 5.84 Å². The molecule has 0 aromatic carbocycles. The third-order valence-corrected chi connectivity index (χ3v) is 1.14. The van der Waals surface area contributed by atoms with E-state index in [1.807, 2.05) is 0 Å². The van der Waals surface area contributed by atoms with E-state index in [1.165, 1.54) is 24.5 Å². The number of nitrogens with two attached hydrogens (primary N) is 1. The Morgan fingerprint density at radius 3 is 2.55 bits per heavy atom. The van der Waals surface area contributed by atoms with Gasteiger partial charge in [0.2, 0.25) is 0 Å². The molecule has 58 valence electrons. The molecule has 5 heteroatoms. The zero-order valence-corrected chi connectivity index (χ0v) is 5.64. The molecule has 3 N–H and O–H groups in total. The van der Waals surface area contributed by atoms with Crippen molar-refractivity contribution in [3.05, 3.63) is 30.1 Å². The summed E-state index contributed by atoms with van der Waals surface area (Å²) in [6.07, 6.45) is 2.88. The van der Waals surface area contributed by atoms with E-state index in [4.69, 9.17) is 11.0 Å². The number of rotatable bonds is 1. The largest absolute Gasteiger partial charge is 0.292 e. The predicted molar refractivity (Wildman–Crippen MR) is 36.4 cm³/mol. The maximum Gasteiger partial charge on any atom is 0.292 e. The lowest BCUT2D eigenvalue weighted by atomic mass is 10.2. The summed E-state index contributed by atoms with van der Waals surface area (Å²) in [6, 6.07) is 2.91. The van der Waals surface area contributed by atoms with Gasteiger partial charge in [0.15, 0.2) is 0 Å². The van der Waals surface area contributed by atoms with Crippen LogP contribution in [0.15, 0.2) is 24.5 Å². The molecule has 0 saturated heterocycles. The van der Waals surface area contributed by atoms with Crippen molar-refractivity contribution in [2.75, 3.05) is 0 Å². The molecule has 5 nitrogen and oxygen atoms in total. The minimum atomic E-state index is -0.660. The van der Waals surface area contributed by atoms with E-state index in [9.17, 15) is 4.79 Å². The van der Waals surface area contributed by atoms with Gasteiger partial charge in [-0.25, -0.2) is 5.84 Å². The third kappa shape index (κ3) is 1.73. The number of hydrogen-bond acceptors (Lipinski definition) is 4. The zero-order chi connectivity index (χ0) is 8.27. The maximum atomic E-state index is 10.9. The lowest BCUT2D eigenvalue weighted by Crippen LogP contribution is -2.33. The second kappa shape index (κ2) is 3.09. The number of hydrazine groups is 1. The molecule has 0 aliphatic heterocycles. The molecule has 11 heavy (non-hydrogen) atoms. The predicted octanol–water partition coefficient (Wildman–Crippen LogP) is -0.213. The highest BCUT2D eigenvalue weighted by atomic mass is 16.5. The number of hydroxylamine groups is 1. The quantitative estimate of drug-likeness (QED) is 0.253. The van der Waals surface area contributed by atoms with Gasteiger partial charge in [0, 0.05) is 18.0 Å². The summed E-state index contributed by atoms with van der Waals surface area (Å²) in [5, 5.41) is 8.55. The monoisotopic (exact) mass is 153 g/mol. The minimum Gasteiger partial charge on any atom is -0.270 e. The van der Waals surface area contributed by atoms with Gasteiger partial charge in [-0.3, -0.25) is 15.0 Å². The lowest BCUT2D eigenvalue weighted by Gasteiger charge is -2.05. The molecule has 0 bridgehead atoms. The SMILES string of the molecule is NN(O)C(=O)c1ccncc1. The first-order chi connectivity index (χ1) is 5.22. The van der Waals surface area contributed by atoms with Crippen molar-refractivity contribution in [2.45, 2.75) is 0 Å². The summed E-state index contributed by atoms with van der Waals surface area (Å²) >= 11 is 0. The molecule has 0 unspecified atom stereocenters. The maximum absolute atomic E-state index is 10.9. The average Bonchev–Trinajstić information content (AvgIpc) is 2.05. The summed E-state index contributed by atoms with van der Waals surface area (Å²) in [5.74, 6) is 4.13. The minimum absolute atomic E-state index is 0.0370. The van der Waals surface area contributed by atoms with Crippen molar-refractivity contribution in [3.63, 3.8) is 0 Å². The van der Waals surface area contributed by atoms with Gasteiger partial charge in [-0.2, -0.15) is 0 Å². The van der Waals surface area contributed by atoms with E-state index >= 15 is 0 Å². The van der Waals surface area contributed by atoms with Crippen molar-refractivity contribution in [1.82, 2.24) is 10.2 Å². The molecule has 0 fully saturated rings. The van der Waals surface area contributed by atoms with E-state index in [0.29, 0.717) is 5.56 Å². The highest BCUT2D eigenvalue weighted by molar-refractivity contribution is 5.92. The van der Waals surface area contributed by atoms with Gasteiger partial charge >= 0.3 is 0 Å². The van der Waals surface area contributed by atoms with Crippen molar-refractivity contribution in [3.8, 4) is 0 Å². The number of nitrogens with zero attached hydrogens (tertiary/aromatic N) is 2. The van der Waals surface area contributed by atoms with Crippen molar-refractivity contribution < 1.29 is 10.0 Å². The zero-order valence-electron chi connectivity index (χ0n) is 5.64. The van der Waals surface area contributed by atoms with Crippen LogP contribution < -0.4 is 5.84 Å². The molecule has 1 heterocycles. The Hall–Kier alpha value is -1.46. The van der Waals surface area contributed by atoms with Gasteiger partial charge < -0.3 is 0 Å².